The van der Waals surface area contributed by atoms with Crippen LogP contribution in [0.15, 0.2) is 48.5 Å². The van der Waals surface area contributed by atoms with Crippen LogP contribution in [0.4, 0.5) is 5.69 Å². The molecule has 0 atom stereocenters. The van der Waals surface area contributed by atoms with Gasteiger partial charge in [0, 0.05) is 31.9 Å². The van der Waals surface area contributed by atoms with Crippen LogP contribution in [0.1, 0.15) is 24.0 Å². The summed E-state index contributed by atoms with van der Waals surface area (Å²) < 4.78 is 5.25. The van der Waals surface area contributed by atoms with Crippen molar-refractivity contribution in [2.45, 2.75) is 25.9 Å². The molecule has 1 aliphatic rings. The molecule has 1 aliphatic heterocycles. The van der Waals surface area contributed by atoms with E-state index in [4.69, 9.17) is 4.74 Å². The Hall–Kier alpha value is -2.00. The second kappa shape index (κ2) is 7.32. The van der Waals surface area contributed by atoms with Crippen LogP contribution < -0.4 is 15.0 Å². The topological polar surface area (TPSA) is 24.5 Å². The number of methoxy groups -OCH3 is 1. The summed E-state index contributed by atoms with van der Waals surface area (Å²) in [5, 5.41) is 3.49. The number of anilines is 1. The first kappa shape index (κ1) is 14.9. The fraction of sp³-hybridized carbons (Fsp3) is 0.368. The van der Waals surface area contributed by atoms with E-state index in [0.717, 1.165) is 18.8 Å². The number of nitrogens with zero attached hydrogens (tertiary/aromatic N) is 1. The molecule has 1 saturated heterocycles. The summed E-state index contributed by atoms with van der Waals surface area (Å²) in [6.07, 6.45) is 2.65. The maximum Gasteiger partial charge on any atom is 0.119 e. The van der Waals surface area contributed by atoms with Crippen LogP contribution in [0, 0.1) is 0 Å². The molecule has 1 fully saturated rings. The molecule has 0 saturated carbocycles. The van der Waals surface area contributed by atoms with E-state index in [-0.39, 0.29) is 0 Å². The zero-order chi connectivity index (χ0) is 15.2. The highest BCUT2D eigenvalue weighted by molar-refractivity contribution is 5.48. The van der Waals surface area contributed by atoms with Crippen molar-refractivity contribution < 1.29 is 4.74 Å². The predicted octanol–water partition coefficient (Wildman–Crippen LogP) is 3.59. The zero-order valence-corrected chi connectivity index (χ0v) is 13.2. The van der Waals surface area contributed by atoms with Gasteiger partial charge in [-0.15, -0.1) is 0 Å². The van der Waals surface area contributed by atoms with Crippen LogP contribution in [0.5, 0.6) is 5.75 Å². The Bertz CT molecular complexity index is 589. The SMILES string of the molecule is COc1cccc(CNCc2ccc(N3CCCC3)cc2)c1. The standard InChI is InChI=1S/C19H24N2O/c1-22-19-6-4-5-17(13-19)15-20-14-16-7-9-18(10-8-16)21-11-2-3-12-21/h4-10,13,20H,2-3,11-12,14-15H2,1H3. The lowest BCUT2D eigenvalue weighted by Gasteiger charge is -2.17. The molecule has 0 spiro atoms. The lowest BCUT2D eigenvalue weighted by atomic mass is 10.1. The number of benzene rings is 2. The van der Waals surface area contributed by atoms with E-state index in [1.165, 1.54) is 42.7 Å². The highest BCUT2D eigenvalue weighted by Crippen LogP contribution is 2.20. The summed E-state index contributed by atoms with van der Waals surface area (Å²) in [6, 6.07) is 17.1. The maximum atomic E-state index is 5.25. The molecule has 1 heterocycles. The van der Waals surface area contributed by atoms with Gasteiger partial charge in [0.1, 0.15) is 5.75 Å². The molecular formula is C19H24N2O. The van der Waals surface area contributed by atoms with Gasteiger partial charge in [-0.3, -0.25) is 0 Å². The summed E-state index contributed by atoms with van der Waals surface area (Å²) in [5.74, 6) is 0.911. The fourth-order valence-electron chi connectivity index (χ4n) is 2.93. The summed E-state index contributed by atoms with van der Waals surface area (Å²) in [4.78, 5) is 2.47. The van der Waals surface area contributed by atoms with Gasteiger partial charge in [0.15, 0.2) is 0 Å². The Morgan fingerprint density at radius 2 is 1.68 bits per heavy atom. The fourth-order valence-corrected chi connectivity index (χ4v) is 2.93. The predicted molar refractivity (Wildman–Crippen MR) is 91.4 cm³/mol. The molecule has 2 aromatic carbocycles. The van der Waals surface area contributed by atoms with Crippen molar-refractivity contribution in [3.05, 3.63) is 59.7 Å². The first-order chi connectivity index (χ1) is 10.8. The highest BCUT2D eigenvalue weighted by Gasteiger charge is 2.11. The number of nitrogens with one attached hydrogen (secondary N) is 1. The number of rotatable bonds is 6. The third-order valence-corrected chi connectivity index (χ3v) is 4.20. The van der Waals surface area contributed by atoms with Gasteiger partial charge in [0.05, 0.1) is 7.11 Å². The van der Waals surface area contributed by atoms with Gasteiger partial charge in [-0.05, 0) is 48.2 Å². The van der Waals surface area contributed by atoms with E-state index in [2.05, 4.69) is 46.6 Å². The minimum Gasteiger partial charge on any atom is -0.497 e. The average molecular weight is 296 g/mol. The first-order valence-corrected chi connectivity index (χ1v) is 8.03. The molecule has 22 heavy (non-hydrogen) atoms. The molecule has 0 aliphatic carbocycles. The molecular weight excluding hydrogens is 272 g/mol. The van der Waals surface area contributed by atoms with Crippen LogP contribution in [0.25, 0.3) is 0 Å². The van der Waals surface area contributed by atoms with Crippen molar-refractivity contribution in [1.82, 2.24) is 5.32 Å². The molecule has 2 aromatic rings. The average Bonchev–Trinajstić information content (AvgIpc) is 3.10. The largest absolute Gasteiger partial charge is 0.497 e. The molecule has 0 radical (unpaired) electrons. The molecule has 0 aromatic heterocycles. The van der Waals surface area contributed by atoms with Crippen LogP contribution in [0.3, 0.4) is 0 Å². The van der Waals surface area contributed by atoms with Crippen LogP contribution >= 0.6 is 0 Å². The molecule has 3 heteroatoms. The van der Waals surface area contributed by atoms with Crippen molar-refractivity contribution in [2.75, 3.05) is 25.1 Å². The van der Waals surface area contributed by atoms with Crippen LogP contribution in [0.2, 0.25) is 0 Å². The molecule has 3 rings (SSSR count). The van der Waals surface area contributed by atoms with Gasteiger partial charge in [-0.1, -0.05) is 24.3 Å². The second-order valence-corrected chi connectivity index (χ2v) is 5.82. The van der Waals surface area contributed by atoms with Crippen LogP contribution in [-0.2, 0) is 13.1 Å². The van der Waals surface area contributed by atoms with Gasteiger partial charge in [-0.2, -0.15) is 0 Å². The third-order valence-electron chi connectivity index (χ3n) is 4.20. The minimum absolute atomic E-state index is 0.852. The molecule has 0 unspecified atom stereocenters. The first-order valence-electron chi connectivity index (χ1n) is 8.03. The number of hydrogen-bond donors (Lipinski definition) is 1. The van der Waals surface area contributed by atoms with Crippen molar-refractivity contribution in [3.63, 3.8) is 0 Å². The zero-order valence-electron chi connectivity index (χ0n) is 13.2. The summed E-state index contributed by atoms with van der Waals surface area (Å²) >= 11 is 0. The Labute approximate surface area is 132 Å². The molecule has 116 valence electrons. The van der Waals surface area contributed by atoms with Gasteiger partial charge in [0.25, 0.3) is 0 Å². The van der Waals surface area contributed by atoms with E-state index in [1.54, 1.807) is 7.11 Å². The monoisotopic (exact) mass is 296 g/mol. The Morgan fingerprint density at radius 1 is 0.955 bits per heavy atom. The van der Waals surface area contributed by atoms with E-state index in [9.17, 15) is 0 Å². The van der Waals surface area contributed by atoms with Gasteiger partial charge in [-0.25, -0.2) is 0 Å². The highest BCUT2D eigenvalue weighted by atomic mass is 16.5. The lowest BCUT2D eigenvalue weighted by Crippen LogP contribution is -2.17. The van der Waals surface area contributed by atoms with E-state index in [1.807, 2.05) is 12.1 Å². The van der Waals surface area contributed by atoms with Crippen molar-refractivity contribution in [2.24, 2.45) is 0 Å². The Kier molecular flexibility index (Phi) is 4.96. The normalized spacial score (nSPS) is 14.3. The van der Waals surface area contributed by atoms with Gasteiger partial charge in [0.2, 0.25) is 0 Å². The van der Waals surface area contributed by atoms with Crippen molar-refractivity contribution in [1.29, 1.82) is 0 Å². The summed E-state index contributed by atoms with van der Waals surface area (Å²) in [5.41, 5.74) is 3.92. The van der Waals surface area contributed by atoms with Gasteiger partial charge < -0.3 is 15.0 Å². The maximum absolute atomic E-state index is 5.25. The van der Waals surface area contributed by atoms with E-state index < -0.39 is 0 Å². The third kappa shape index (κ3) is 3.80. The van der Waals surface area contributed by atoms with Crippen molar-refractivity contribution >= 4 is 5.69 Å². The Morgan fingerprint density at radius 3 is 2.41 bits per heavy atom. The number of hydrogen-bond acceptors (Lipinski definition) is 3. The van der Waals surface area contributed by atoms with Crippen LogP contribution in [-0.4, -0.2) is 20.2 Å². The summed E-state index contributed by atoms with van der Waals surface area (Å²) in [6.45, 7) is 4.14. The molecule has 3 nitrogen and oxygen atoms in total. The molecule has 1 N–H and O–H groups in total. The minimum atomic E-state index is 0.852. The quantitative estimate of drug-likeness (QED) is 0.881. The van der Waals surface area contributed by atoms with Gasteiger partial charge >= 0.3 is 0 Å². The Balaban J connectivity index is 1.50. The lowest BCUT2D eigenvalue weighted by molar-refractivity contribution is 0.414. The van der Waals surface area contributed by atoms with Crippen molar-refractivity contribution in [3.8, 4) is 5.75 Å². The molecule has 0 bridgehead atoms. The van der Waals surface area contributed by atoms with E-state index >= 15 is 0 Å². The molecule has 0 amide bonds. The van der Waals surface area contributed by atoms with E-state index in [0.29, 0.717) is 0 Å². The summed E-state index contributed by atoms with van der Waals surface area (Å²) in [7, 11) is 1.70. The second-order valence-electron chi connectivity index (χ2n) is 5.82. The smallest absolute Gasteiger partial charge is 0.119 e. The number of ether oxygens (including phenoxy) is 1.